The molecule has 7 heteroatoms. The van der Waals surface area contributed by atoms with E-state index in [4.69, 9.17) is 27.1 Å². The Morgan fingerprint density at radius 1 is 0.243 bits per heavy atom. The fourth-order valence-corrected chi connectivity index (χ4v) is 9.90. The SMILES string of the molecule is Cc1c(C)c(C)c2c(c1C)O[P-]13(O2)(Oc2c(C)c(C)c(C)c(C)c2O1)Oc1c(C)c(C)c(C)c(C)c1O3. The first-order chi connectivity index (χ1) is 17.1. The van der Waals surface area contributed by atoms with Crippen LogP contribution in [-0.4, -0.2) is 0 Å². The Kier molecular flexibility index (Phi) is 4.24. The standard InChI is InChI=1S/C30H36O6P/c1-13-14(2)20(8)26-25(19(13)7)31-37(32-26,33-27-21(9)15(3)16(4)22(10)28(27)34-37)35-29-23(11)17(5)18(6)24(12)30(29)36-37/h1-12H3/q-1. The summed E-state index contributed by atoms with van der Waals surface area (Å²) in [5, 5.41) is 0. The van der Waals surface area contributed by atoms with Crippen LogP contribution in [0.25, 0.3) is 0 Å². The fraction of sp³-hybridized carbons (Fsp3) is 0.400. The van der Waals surface area contributed by atoms with Gasteiger partial charge in [-0.15, -0.1) is 0 Å². The summed E-state index contributed by atoms with van der Waals surface area (Å²) in [5.41, 5.74) is 12.3. The van der Waals surface area contributed by atoms with Crippen molar-refractivity contribution in [2.75, 3.05) is 0 Å². The summed E-state index contributed by atoms with van der Waals surface area (Å²) in [6, 6.07) is 0. The van der Waals surface area contributed by atoms with Gasteiger partial charge in [0.05, 0.1) is 0 Å². The predicted octanol–water partition coefficient (Wildman–Crippen LogP) is 8.68. The molecule has 0 saturated heterocycles. The minimum absolute atomic E-state index is 0.532. The molecule has 0 amide bonds. The molecule has 6 rings (SSSR count). The molecule has 0 atom stereocenters. The van der Waals surface area contributed by atoms with Crippen LogP contribution in [0.4, 0.5) is 0 Å². The van der Waals surface area contributed by atoms with Crippen molar-refractivity contribution >= 4 is 7.31 Å². The Hall–Kier alpha value is -3.11. The van der Waals surface area contributed by atoms with Gasteiger partial charge < -0.3 is 0 Å². The second-order valence-electron chi connectivity index (χ2n) is 11.1. The van der Waals surface area contributed by atoms with Gasteiger partial charge in [-0.05, 0) is 0 Å². The molecule has 3 aliphatic rings. The summed E-state index contributed by atoms with van der Waals surface area (Å²) in [7, 11) is -5.95. The van der Waals surface area contributed by atoms with Gasteiger partial charge in [0.1, 0.15) is 0 Å². The van der Waals surface area contributed by atoms with Gasteiger partial charge in [0.25, 0.3) is 0 Å². The van der Waals surface area contributed by atoms with Crippen molar-refractivity contribution < 1.29 is 27.1 Å². The Morgan fingerprint density at radius 2 is 0.378 bits per heavy atom. The number of hydrogen-bond donors (Lipinski definition) is 0. The minimum atomic E-state index is -5.95. The maximum atomic E-state index is 6.91. The van der Waals surface area contributed by atoms with Crippen LogP contribution < -0.4 is 27.1 Å². The molecule has 3 heterocycles. The van der Waals surface area contributed by atoms with Gasteiger partial charge in [0, 0.05) is 0 Å². The van der Waals surface area contributed by atoms with Crippen LogP contribution in [0.5, 0.6) is 34.5 Å². The molecule has 0 radical (unpaired) electrons. The van der Waals surface area contributed by atoms with Crippen molar-refractivity contribution in [3.8, 4) is 34.5 Å². The van der Waals surface area contributed by atoms with E-state index in [0.717, 1.165) is 66.8 Å². The average molecular weight is 524 g/mol. The summed E-state index contributed by atoms with van der Waals surface area (Å²) in [5.74, 6) is 3.19. The van der Waals surface area contributed by atoms with Gasteiger partial charge in [-0.3, -0.25) is 0 Å². The van der Waals surface area contributed by atoms with Crippen LogP contribution in [-0.2, 0) is 0 Å². The van der Waals surface area contributed by atoms with E-state index in [-0.39, 0.29) is 0 Å². The number of rotatable bonds is 0. The monoisotopic (exact) mass is 523 g/mol. The summed E-state index contributed by atoms with van der Waals surface area (Å²) in [4.78, 5) is 0. The van der Waals surface area contributed by atoms with Gasteiger partial charge in [-0.2, -0.15) is 0 Å². The molecule has 0 bridgehead atoms. The van der Waals surface area contributed by atoms with Crippen molar-refractivity contribution in [3.05, 3.63) is 66.8 Å². The summed E-state index contributed by atoms with van der Waals surface area (Å²) in [6.45, 7) is 24.6. The Bertz CT molecular complexity index is 1320. The number of hydrogen-bond acceptors (Lipinski definition) is 6. The molecule has 0 aromatic heterocycles. The van der Waals surface area contributed by atoms with E-state index in [1.54, 1.807) is 0 Å². The zero-order valence-electron chi connectivity index (χ0n) is 23.9. The van der Waals surface area contributed by atoms with Crippen LogP contribution in [0.2, 0.25) is 0 Å². The second kappa shape index (κ2) is 6.47. The molecule has 0 aliphatic carbocycles. The average Bonchev–Trinajstić information content (AvgIpc) is 3.48. The summed E-state index contributed by atoms with van der Waals surface area (Å²) < 4.78 is 41.5. The molecule has 6 nitrogen and oxygen atoms in total. The molecule has 0 unspecified atom stereocenters. The van der Waals surface area contributed by atoms with Gasteiger partial charge in [-0.1, -0.05) is 0 Å². The van der Waals surface area contributed by atoms with Gasteiger partial charge in [-0.25, -0.2) is 0 Å². The van der Waals surface area contributed by atoms with E-state index < -0.39 is 7.31 Å². The first-order valence-electron chi connectivity index (χ1n) is 12.8. The van der Waals surface area contributed by atoms with E-state index in [9.17, 15) is 0 Å². The zero-order valence-corrected chi connectivity index (χ0v) is 24.8. The Labute approximate surface area is 218 Å². The van der Waals surface area contributed by atoms with Crippen molar-refractivity contribution in [1.29, 1.82) is 0 Å². The summed E-state index contributed by atoms with van der Waals surface area (Å²) in [6.07, 6.45) is 0. The third-order valence-electron chi connectivity index (χ3n) is 9.39. The third kappa shape index (κ3) is 2.55. The number of benzene rings is 3. The molecule has 0 saturated carbocycles. The normalized spacial score (nSPS) is 20.1. The van der Waals surface area contributed by atoms with Crippen LogP contribution in [0.3, 0.4) is 0 Å². The van der Waals surface area contributed by atoms with E-state index in [2.05, 4.69) is 41.5 Å². The Balaban J connectivity index is 1.72. The molecule has 37 heavy (non-hydrogen) atoms. The third-order valence-corrected chi connectivity index (χ3v) is 12.7. The molecule has 3 aliphatic heterocycles. The zero-order chi connectivity index (χ0) is 27.0. The van der Waals surface area contributed by atoms with Crippen LogP contribution >= 0.6 is 7.31 Å². The van der Waals surface area contributed by atoms with E-state index >= 15 is 0 Å². The van der Waals surface area contributed by atoms with E-state index in [0.29, 0.717) is 34.5 Å². The van der Waals surface area contributed by atoms with Crippen LogP contribution in [0.1, 0.15) is 66.8 Å². The quantitative estimate of drug-likeness (QED) is 0.275. The van der Waals surface area contributed by atoms with Crippen molar-refractivity contribution in [2.45, 2.75) is 83.1 Å². The fourth-order valence-electron chi connectivity index (χ4n) is 5.79. The second-order valence-corrected chi connectivity index (χ2v) is 14.5. The van der Waals surface area contributed by atoms with Crippen LogP contribution in [0, 0.1) is 83.1 Å². The molecule has 3 aromatic carbocycles. The van der Waals surface area contributed by atoms with E-state index in [1.165, 1.54) is 0 Å². The van der Waals surface area contributed by atoms with Crippen molar-refractivity contribution in [2.24, 2.45) is 0 Å². The molecular weight excluding hydrogens is 487 g/mol. The van der Waals surface area contributed by atoms with Gasteiger partial charge in [0.15, 0.2) is 0 Å². The number of fused-ring (bicyclic) bond motifs is 3. The molecule has 1 spiro atoms. The van der Waals surface area contributed by atoms with Gasteiger partial charge in [0.2, 0.25) is 0 Å². The van der Waals surface area contributed by atoms with Crippen molar-refractivity contribution in [1.82, 2.24) is 0 Å². The maximum absolute atomic E-state index is 6.91. The van der Waals surface area contributed by atoms with E-state index in [1.807, 2.05) is 41.5 Å². The molecule has 3 aromatic rings. The first-order valence-corrected chi connectivity index (χ1v) is 15.0. The van der Waals surface area contributed by atoms with Crippen molar-refractivity contribution in [3.63, 3.8) is 0 Å². The molecular formula is C30H36O6P-. The first kappa shape index (κ1) is 24.2. The molecule has 0 N–H and O–H groups in total. The topological polar surface area (TPSA) is 55.4 Å². The Morgan fingerprint density at radius 3 is 0.514 bits per heavy atom. The van der Waals surface area contributed by atoms with Gasteiger partial charge >= 0.3 is 219 Å². The summed E-state index contributed by atoms with van der Waals surface area (Å²) >= 11 is 0. The van der Waals surface area contributed by atoms with Crippen LogP contribution in [0.15, 0.2) is 0 Å². The molecule has 0 fully saturated rings. The predicted molar refractivity (Wildman–Crippen MR) is 147 cm³/mol. The molecule has 198 valence electrons.